The third-order valence-corrected chi connectivity index (χ3v) is 0.744. The number of rotatable bonds is 2. The van der Waals surface area contributed by atoms with Crippen LogP contribution in [0.5, 0.6) is 0 Å². The van der Waals surface area contributed by atoms with Crippen LogP contribution in [0.4, 0.5) is 0 Å². The third kappa shape index (κ3) is 18.5. The molecule has 0 aromatic rings. The fourth-order valence-corrected chi connectivity index (χ4v) is 0. The molecular weight excluding hydrogens is 359 g/mol. The molecule has 2 atom stereocenters. The van der Waals surface area contributed by atoms with Crippen molar-refractivity contribution in [3.8, 4) is 0 Å². The summed E-state index contributed by atoms with van der Waals surface area (Å²) in [7, 11) is 0. The van der Waals surface area contributed by atoms with Crippen molar-refractivity contribution < 1.29 is 40.9 Å². The van der Waals surface area contributed by atoms with Gasteiger partial charge in [0.05, 0.1) is 11.9 Å². The van der Waals surface area contributed by atoms with Gasteiger partial charge in [0.15, 0.2) is 0 Å². The minimum atomic E-state index is -1.21. The Morgan fingerprint density at radius 2 is 1.08 bits per heavy atom. The van der Waals surface area contributed by atoms with Gasteiger partial charge in [0.25, 0.3) is 0 Å². The van der Waals surface area contributed by atoms with Crippen LogP contribution in [0.25, 0.3) is 0 Å². The molecule has 0 fully saturated rings. The summed E-state index contributed by atoms with van der Waals surface area (Å²) in [6.07, 6.45) is 0. The Balaban J connectivity index is -0.000000143. The molecule has 0 aromatic heterocycles. The Morgan fingerprint density at radius 1 is 1.00 bits per heavy atom. The zero-order valence-electron chi connectivity index (χ0n) is 7.26. The second kappa shape index (κ2) is 9.63. The number of hydrogen-bond donors (Lipinski definition) is 2. The van der Waals surface area contributed by atoms with Gasteiger partial charge in [0, 0.05) is 12.1 Å². The van der Waals surface area contributed by atoms with Gasteiger partial charge >= 0.3 is 21.1 Å². The minimum absolute atomic E-state index is 0. The van der Waals surface area contributed by atoms with Crippen LogP contribution in [0, 0.1) is 0 Å². The second-order valence-corrected chi connectivity index (χ2v) is 2.22. The Kier molecular flexibility index (Phi) is 13.6. The minimum Gasteiger partial charge on any atom is -0.548 e. The van der Waals surface area contributed by atoms with E-state index in [1.54, 1.807) is 0 Å². The zero-order valence-corrected chi connectivity index (χ0v) is 9.53. The van der Waals surface area contributed by atoms with Crippen LogP contribution in [0.3, 0.4) is 0 Å². The summed E-state index contributed by atoms with van der Waals surface area (Å²) in [6.45, 7) is 2.71. The van der Waals surface area contributed by atoms with E-state index in [2.05, 4.69) is 0 Å². The van der Waals surface area contributed by atoms with Crippen LogP contribution in [0.15, 0.2) is 0 Å². The van der Waals surface area contributed by atoms with Crippen LogP contribution in [-0.2, 0) is 30.7 Å². The maximum atomic E-state index is 9.46. The monoisotopic (exact) mass is 371 g/mol. The Morgan fingerprint density at radius 3 is 1.08 bits per heavy atom. The van der Waals surface area contributed by atoms with E-state index in [1.165, 1.54) is 13.8 Å². The first-order chi connectivity index (χ1) is 5.29. The Labute approximate surface area is 90.5 Å². The molecule has 0 aliphatic rings. The van der Waals surface area contributed by atoms with Crippen LogP contribution in [-0.4, -0.2) is 24.0 Å². The molecule has 0 bridgehead atoms. The van der Waals surface area contributed by atoms with E-state index in [-0.39, 0.29) is 21.1 Å². The summed E-state index contributed by atoms with van der Waals surface area (Å²) in [5, 5.41) is 18.9. The number of carboxylic acids is 2. The molecule has 13 heavy (non-hydrogen) atoms. The van der Waals surface area contributed by atoms with E-state index in [4.69, 9.17) is 11.5 Å². The first-order valence-corrected chi connectivity index (χ1v) is 3.22. The molecule has 0 saturated heterocycles. The maximum absolute atomic E-state index is 9.46. The van der Waals surface area contributed by atoms with Gasteiger partial charge in [-0.1, -0.05) is 0 Å². The van der Waals surface area contributed by atoms with E-state index in [0.717, 1.165) is 0 Å². The van der Waals surface area contributed by atoms with Crippen molar-refractivity contribution in [3.63, 3.8) is 0 Å². The van der Waals surface area contributed by atoms with Gasteiger partial charge in [0.1, 0.15) is 0 Å². The van der Waals surface area contributed by atoms with Gasteiger partial charge in [-0.2, -0.15) is 0 Å². The van der Waals surface area contributed by atoms with Gasteiger partial charge in [-0.3, -0.25) is 0 Å². The molecule has 0 saturated carbocycles. The third-order valence-electron chi connectivity index (χ3n) is 0.744. The predicted molar refractivity (Wildman–Crippen MR) is 37.3 cm³/mol. The van der Waals surface area contributed by atoms with E-state index in [1.807, 2.05) is 0 Å². The molecule has 80 valence electrons. The van der Waals surface area contributed by atoms with Crippen molar-refractivity contribution in [3.05, 3.63) is 0 Å². The second-order valence-electron chi connectivity index (χ2n) is 2.22. The summed E-state index contributed by atoms with van der Waals surface area (Å²) in [5.74, 6) is -2.43. The summed E-state index contributed by atoms with van der Waals surface area (Å²) in [5.41, 5.74) is 9.55. The molecule has 2 unspecified atom stereocenters. The molecule has 0 aromatic carbocycles. The van der Waals surface area contributed by atoms with E-state index >= 15 is 0 Å². The van der Waals surface area contributed by atoms with E-state index < -0.39 is 24.0 Å². The Hall–Kier alpha value is -0.452. The molecule has 0 radical (unpaired) electrons. The average molecular weight is 371 g/mol. The van der Waals surface area contributed by atoms with E-state index in [9.17, 15) is 19.8 Å². The van der Waals surface area contributed by atoms with Crippen LogP contribution < -0.4 is 21.7 Å². The van der Waals surface area contributed by atoms with Crippen molar-refractivity contribution in [1.29, 1.82) is 0 Å². The number of aliphatic carboxylic acids is 2. The topological polar surface area (TPSA) is 132 Å². The molecule has 0 heterocycles. The first kappa shape index (κ1) is 18.4. The van der Waals surface area contributed by atoms with Crippen molar-refractivity contribution >= 4 is 11.9 Å². The molecule has 4 N–H and O–H groups in total. The van der Waals surface area contributed by atoms with Crippen molar-refractivity contribution in [2.24, 2.45) is 11.5 Å². The summed E-state index contributed by atoms with van der Waals surface area (Å²) in [6, 6.07) is -1.69. The molecule has 0 aliphatic carbocycles. The summed E-state index contributed by atoms with van der Waals surface area (Å²) >= 11 is 0. The number of hydrogen-bond acceptors (Lipinski definition) is 6. The fourth-order valence-electron chi connectivity index (χ4n) is 0. The fraction of sp³-hybridized carbons (Fsp3) is 0.667. The van der Waals surface area contributed by atoms with Crippen molar-refractivity contribution in [1.82, 2.24) is 0 Å². The molecular formula is C6H12N2O4Pt. The van der Waals surface area contributed by atoms with Gasteiger partial charge < -0.3 is 31.3 Å². The van der Waals surface area contributed by atoms with Crippen LogP contribution in [0.1, 0.15) is 13.8 Å². The average Bonchev–Trinajstić information content (AvgIpc) is 1.88. The van der Waals surface area contributed by atoms with Gasteiger partial charge in [-0.15, -0.1) is 0 Å². The largest absolute Gasteiger partial charge is 2.00 e. The molecule has 6 nitrogen and oxygen atoms in total. The predicted octanol–water partition coefficient (Wildman–Crippen LogP) is -3.84. The standard InChI is InChI=1S/2C3H7NO2.Pt/c2*1-2(4)3(5)6;/h2*2H,4H2,1H3,(H,5,6);/q;;+2/p-2. The molecule has 7 heteroatoms. The van der Waals surface area contributed by atoms with Gasteiger partial charge in [0.2, 0.25) is 0 Å². The van der Waals surface area contributed by atoms with Gasteiger partial charge in [-0.25, -0.2) is 0 Å². The molecule has 0 rings (SSSR count). The molecule has 0 spiro atoms. The molecule has 0 amide bonds. The summed E-state index contributed by atoms with van der Waals surface area (Å²) in [4.78, 5) is 18.9. The van der Waals surface area contributed by atoms with Crippen molar-refractivity contribution in [2.75, 3.05) is 0 Å². The maximum Gasteiger partial charge on any atom is 2.00 e. The van der Waals surface area contributed by atoms with Crippen LogP contribution >= 0.6 is 0 Å². The number of nitrogens with two attached hydrogens (primary N) is 2. The van der Waals surface area contributed by atoms with Crippen molar-refractivity contribution in [2.45, 2.75) is 25.9 Å². The summed E-state index contributed by atoms with van der Waals surface area (Å²) < 4.78 is 0. The smallest absolute Gasteiger partial charge is 0.548 e. The Bertz CT molecular complexity index is 143. The number of carbonyl (C=O) groups is 2. The number of carbonyl (C=O) groups excluding carboxylic acids is 2. The quantitative estimate of drug-likeness (QED) is 0.511. The normalized spacial score (nSPS) is 12.6. The SMILES string of the molecule is CC(N)C(=O)[O-].CC(N)C(=O)[O-].[Pt+2]. The van der Waals surface area contributed by atoms with E-state index in [0.29, 0.717) is 0 Å². The molecule has 0 aliphatic heterocycles. The first-order valence-electron chi connectivity index (χ1n) is 3.22. The van der Waals surface area contributed by atoms with Gasteiger partial charge in [-0.05, 0) is 13.8 Å². The zero-order chi connectivity index (χ0) is 10.3. The van der Waals surface area contributed by atoms with Crippen LogP contribution in [0.2, 0.25) is 0 Å². The number of carboxylic acid groups (broad SMARTS) is 2.